The van der Waals surface area contributed by atoms with E-state index in [0.29, 0.717) is 5.92 Å². The van der Waals surface area contributed by atoms with E-state index in [1.165, 1.54) is 38.5 Å². The monoisotopic (exact) mass is 182 g/mol. The second-order valence-electron chi connectivity index (χ2n) is 5.19. The molecule has 2 aliphatic carbocycles. The fourth-order valence-corrected chi connectivity index (χ4v) is 3.39. The van der Waals surface area contributed by atoms with Crippen molar-refractivity contribution in [3.63, 3.8) is 0 Å². The molecule has 4 unspecified atom stereocenters. The van der Waals surface area contributed by atoms with E-state index >= 15 is 0 Å². The first-order valence-corrected chi connectivity index (χ1v) is 5.95. The van der Waals surface area contributed by atoms with Crippen molar-refractivity contribution < 1.29 is 5.11 Å². The highest BCUT2D eigenvalue weighted by Gasteiger charge is 2.34. The highest BCUT2D eigenvalue weighted by Crippen LogP contribution is 2.41. The predicted molar refractivity (Wildman–Crippen MR) is 54.5 cm³/mol. The lowest BCUT2D eigenvalue weighted by atomic mass is 9.74. The Morgan fingerprint density at radius 3 is 2.38 bits per heavy atom. The van der Waals surface area contributed by atoms with E-state index in [2.05, 4.69) is 6.92 Å². The average molecular weight is 182 g/mol. The van der Waals surface area contributed by atoms with Gasteiger partial charge in [-0.1, -0.05) is 32.6 Å². The summed E-state index contributed by atoms with van der Waals surface area (Å²) in [5.74, 6) is 2.41. The molecule has 4 atom stereocenters. The summed E-state index contributed by atoms with van der Waals surface area (Å²) >= 11 is 0. The third-order valence-corrected chi connectivity index (χ3v) is 4.11. The Morgan fingerprint density at radius 1 is 1.00 bits per heavy atom. The molecule has 0 aromatic carbocycles. The minimum atomic E-state index is 0.0373. The molecule has 0 radical (unpaired) electrons. The summed E-state index contributed by atoms with van der Waals surface area (Å²) in [5, 5.41) is 9.83. The quantitative estimate of drug-likeness (QED) is 0.661. The van der Waals surface area contributed by atoms with Crippen molar-refractivity contribution in [2.45, 2.75) is 58.0 Å². The Labute approximate surface area is 81.5 Å². The van der Waals surface area contributed by atoms with Crippen molar-refractivity contribution >= 4 is 0 Å². The molecule has 13 heavy (non-hydrogen) atoms. The van der Waals surface area contributed by atoms with Crippen LogP contribution >= 0.6 is 0 Å². The van der Waals surface area contributed by atoms with Gasteiger partial charge in [-0.15, -0.1) is 0 Å². The van der Waals surface area contributed by atoms with E-state index < -0.39 is 0 Å². The van der Waals surface area contributed by atoms with Gasteiger partial charge in [0.2, 0.25) is 0 Å². The average Bonchev–Trinajstić information content (AvgIpc) is 2.51. The van der Waals surface area contributed by atoms with Gasteiger partial charge in [0, 0.05) is 0 Å². The summed E-state index contributed by atoms with van der Waals surface area (Å²) < 4.78 is 0. The summed E-state index contributed by atoms with van der Waals surface area (Å²) in [5.41, 5.74) is 0. The van der Waals surface area contributed by atoms with Gasteiger partial charge in [0.15, 0.2) is 0 Å². The number of hydrogen-bond acceptors (Lipinski definition) is 1. The Bertz CT molecular complexity index is 167. The topological polar surface area (TPSA) is 20.2 Å². The van der Waals surface area contributed by atoms with Crippen LogP contribution in [0.3, 0.4) is 0 Å². The molecule has 2 saturated carbocycles. The lowest BCUT2D eigenvalue weighted by Gasteiger charge is -2.32. The smallest absolute Gasteiger partial charge is 0.0571 e. The molecule has 2 fully saturated rings. The Kier molecular flexibility index (Phi) is 2.92. The molecular formula is C12H22O. The lowest BCUT2D eigenvalue weighted by molar-refractivity contribution is 0.0740. The van der Waals surface area contributed by atoms with Crippen molar-refractivity contribution in [3.05, 3.63) is 0 Å². The van der Waals surface area contributed by atoms with Crippen molar-refractivity contribution in [2.75, 3.05) is 0 Å². The fraction of sp³-hybridized carbons (Fsp3) is 1.00. The maximum atomic E-state index is 9.83. The molecule has 1 nitrogen and oxygen atoms in total. The van der Waals surface area contributed by atoms with Crippen molar-refractivity contribution in [3.8, 4) is 0 Å². The summed E-state index contributed by atoms with van der Waals surface area (Å²) in [4.78, 5) is 0. The highest BCUT2D eigenvalue weighted by molar-refractivity contribution is 4.85. The molecule has 0 bridgehead atoms. The maximum absolute atomic E-state index is 9.83. The molecule has 0 aromatic rings. The zero-order valence-electron chi connectivity index (χ0n) is 8.71. The summed E-state index contributed by atoms with van der Waals surface area (Å²) in [6, 6.07) is 0. The summed E-state index contributed by atoms with van der Waals surface area (Å²) in [6.07, 6.45) is 9.22. The molecule has 0 saturated heterocycles. The molecule has 0 heterocycles. The van der Waals surface area contributed by atoms with Crippen molar-refractivity contribution in [2.24, 2.45) is 17.8 Å². The van der Waals surface area contributed by atoms with Crippen LogP contribution in [0, 0.1) is 17.8 Å². The SMILES string of the molecule is CC1CCCC(C2CCCC2O)C1. The summed E-state index contributed by atoms with van der Waals surface area (Å²) in [7, 11) is 0. The van der Waals surface area contributed by atoms with Crippen LogP contribution < -0.4 is 0 Å². The molecule has 2 rings (SSSR count). The van der Waals surface area contributed by atoms with Gasteiger partial charge in [-0.2, -0.15) is 0 Å². The molecular weight excluding hydrogens is 160 g/mol. The number of aliphatic hydroxyl groups is 1. The van der Waals surface area contributed by atoms with Gasteiger partial charge < -0.3 is 5.11 Å². The van der Waals surface area contributed by atoms with Gasteiger partial charge in [0.25, 0.3) is 0 Å². The Hall–Kier alpha value is -0.0400. The second-order valence-corrected chi connectivity index (χ2v) is 5.19. The van der Waals surface area contributed by atoms with Crippen molar-refractivity contribution in [1.29, 1.82) is 0 Å². The van der Waals surface area contributed by atoms with Crippen molar-refractivity contribution in [1.82, 2.24) is 0 Å². The van der Waals surface area contributed by atoms with E-state index in [4.69, 9.17) is 0 Å². The largest absolute Gasteiger partial charge is 0.393 e. The second kappa shape index (κ2) is 4.00. The van der Waals surface area contributed by atoms with Gasteiger partial charge in [-0.3, -0.25) is 0 Å². The van der Waals surface area contributed by atoms with Crippen LogP contribution in [0.25, 0.3) is 0 Å². The molecule has 0 aliphatic heterocycles. The molecule has 0 amide bonds. The van der Waals surface area contributed by atoms with E-state index in [9.17, 15) is 5.11 Å². The predicted octanol–water partition coefficient (Wildman–Crippen LogP) is 2.97. The van der Waals surface area contributed by atoms with Crippen LogP contribution in [-0.2, 0) is 0 Å². The van der Waals surface area contributed by atoms with Crippen LogP contribution in [0.5, 0.6) is 0 Å². The van der Waals surface area contributed by atoms with Gasteiger partial charge in [0.05, 0.1) is 6.10 Å². The number of rotatable bonds is 1. The Morgan fingerprint density at radius 2 is 1.77 bits per heavy atom. The Balaban J connectivity index is 1.91. The van der Waals surface area contributed by atoms with Crippen LogP contribution in [0.15, 0.2) is 0 Å². The lowest BCUT2D eigenvalue weighted by Crippen LogP contribution is -2.27. The molecule has 2 aliphatic rings. The van der Waals surface area contributed by atoms with E-state index in [1.54, 1.807) is 0 Å². The number of hydrogen-bond donors (Lipinski definition) is 1. The maximum Gasteiger partial charge on any atom is 0.0571 e. The fourth-order valence-electron chi connectivity index (χ4n) is 3.39. The third-order valence-electron chi connectivity index (χ3n) is 4.11. The zero-order chi connectivity index (χ0) is 9.26. The van der Waals surface area contributed by atoms with Crippen LogP contribution in [0.4, 0.5) is 0 Å². The zero-order valence-corrected chi connectivity index (χ0v) is 8.71. The third kappa shape index (κ3) is 2.07. The van der Waals surface area contributed by atoms with E-state index in [-0.39, 0.29) is 6.10 Å². The van der Waals surface area contributed by atoms with Crippen LogP contribution in [0.2, 0.25) is 0 Å². The van der Waals surface area contributed by atoms with Gasteiger partial charge in [-0.05, 0) is 37.0 Å². The highest BCUT2D eigenvalue weighted by atomic mass is 16.3. The minimum absolute atomic E-state index is 0.0373. The van der Waals surface area contributed by atoms with Gasteiger partial charge in [0.1, 0.15) is 0 Å². The normalized spacial score (nSPS) is 46.6. The molecule has 76 valence electrons. The van der Waals surface area contributed by atoms with E-state index in [0.717, 1.165) is 18.3 Å². The van der Waals surface area contributed by atoms with Crippen LogP contribution in [-0.4, -0.2) is 11.2 Å². The molecule has 0 spiro atoms. The first-order chi connectivity index (χ1) is 6.27. The molecule has 1 heteroatoms. The first kappa shape index (κ1) is 9.51. The first-order valence-electron chi connectivity index (χ1n) is 5.95. The van der Waals surface area contributed by atoms with E-state index in [1.807, 2.05) is 0 Å². The summed E-state index contributed by atoms with van der Waals surface area (Å²) in [6.45, 7) is 2.37. The minimum Gasteiger partial charge on any atom is -0.393 e. The standard InChI is InChI=1S/C12H22O/c1-9-4-2-5-10(8-9)11-6-3-7-12(11)13/h9-13H,2-8H2,1H3. The molecule has 0 aromatic heterocycles. The molecule has 1 N–H and O–H groups in total. The van der Waals surface area contributed by atoms with Gasteiger partial charge >= 0.3 is 0 Å². The van der Waals surface area contributed by atoms with Gasteiger partial charge in [-0.25, -0.2) is 0 Å². The number of aliphatic hydroxyl groups excluding tert-OH is 1. The van der Waals surface area contributed by atoms with Crippen LogP contribution in [0.1, 0.15) is 51.9 Å².